The molecule has 0 aliphatic carbocycles. The van der Waals surface area contributed by atoms with Crippen LogP contribution in [0.25, 0.3) is 5.76 Å². The average Bonchev–Trinajstić information content (AvgIpc) is 3.32. The third-order valence-electron chi connectivity index (χ3n) is 5.70. The van der Waals surface area contributed by atoms with Gasteiger partial charge in [0.05, 0.1) is 18.2 Å². The van der Waals surface area contributed by atoms with Gasteiger partial charge in [0.15, 0.2) is 0 Å². The molecule has 1 aliphatic heterocycles. The van der Waals surface area contributed by atoms with Gasteiger partial charge in [0.2, 0.25) is 0 Å². The Labute approximate surface area is 182 Å². The Morgan fingerprint density at radius 2 is 1.87 bits per heavy atom. The van der Waals surface area contributed by atoms with E-state index >= 15 is 0 Å². The van der Waals surface area contributed by atoms with Crippen LogP contribution in [0.4, 0.5) is 0 Å². The molecule has 0 spiro atoms. The third kappa shape index (κ3) is 4.51. The topological polar surface area (TPSA) is 83.2 Å². The van der Waals surface area contributed by atoms with E-state index in [-0.39, 0.29) is 11.3 Å². The number of amides is 1. The zero-order valence-electron chi connectivity index (χ0n) is 18.6. The van der Waals surface area contributed by atoms with Gasteiger partial charge in [-0.15, -0.1) is 0 Å². The Kier molecular flexibility index (Phi) is 7.17. The van der Waals surface area contributed by atoms with Crippen molar-refractivity contribution >= 4 is 17.4 Å². The molecule has 1 aliphatic rings. The number of ether oxygens (including phenoxy) is 1. The number of aryl methyl sites for hydroxylation is 1. The van der Waals surface area contributed by atoms with Crippen molar-refractivity contribution in [2.24, 2.45) is 0 Å². The summed E-state index contributed by atoms with van der Waals surface area (Å²) in [6, 6.07) is 9.62. The molecule has 1 aromatic carbocycles. The highest BCUT2D eigenvalue weighted by Crippen LogP contribution is 2.41. The lowest BCUT2D eigenvalue weighted by Crippen LogP contribution is -2.33. The summed E-state index contributed by atoms with van der Waals surface area (Å²) in [5.41, 5.74) is 0.381. The van der Waals surface area contributed by atoms with Crippen LogP contribution in [0.2, 0.25) is 0 Å². The molecule has 1 aromatic heterocycles. The second kappa shape index (κ2) is 9.83. The van der Waals surface area contributed by atoms with Crippen LogP contribution in [0, 0.1) is 6.92 Å². The molecule has 2 heterocycles. The molecule has 0 radical (unpaired) electrons. The number of hydrogen-bond donors (Lipinski definition) is 1. The molecule has 1 atom stereocenters. The highest BCUT2D eigenvalue weighted by atomic mass is 16.5. The van der Waals surface area contributed by atoms with Crippen LogP contribution in [0.5, 0.6) is 5.75 Å². The minimum atomic E-state index is -0.782. The lowest BCUT2D eigenvalue weighted by atomic mass is 9.99. The van der Waals surface area contributed by atoms with Crippen molar-refractivity contribution in [2.75, 3.05) is 33.3 Å². The molecule has 1 fully saturated rings. The van der Waals surface area contributed by atoms with E-state index in [4.69, 9.17) is 9.15 Å². The van der Waals surface area contributed by atoms with Crippen molar-refractivity contribution in [1.82, 2.24) is 9.80 Å². The first kappa shape index (κ1) is 22.6. The Morgan fingerprint density at radius 1 is 1.16 bits per heavy atom. The van der Waals surface area contributed by atoms with Crippen molar-refractivity contribution in [3.05, 3.63) is 59.1 Å². The molecule has 1 saturated heterocycles. The summed E-state index contributed by atoms with van der Waals surface area (Å²) < 4.78 is 11.1. The van der Waals surface area contributed by atoms with Gasteiger partial charge in [-0.1, -0.05) is 26.0 Å². The fourth-order valence-corrected chi connectivity index (χ4v) is 4.00. The first-order valence-corrected chi connectivity index (χ1v) is 10.6. The number of aliphatic hydroxyl groups excluding tert-OH is 1. The van der Waals surface area contributed by atoms with Gasteiger partial charge in [0, 0.05) is 6.54 Å². The molecular formula is C24H30N2O5. The van der Waals surface area contributed by atoms with E-state index in [0.29, 0.717) is 35.8 Å². The number of furan rings is 1. The first-order valence-electron chi connectivity index (χ1n) is 10.6. The van der Waals surface area contributed by atoms with E-state index < -0.39 is 17.7 Å². The minimum absolute atomic E-state index is 0.0201. The highest BCUT2D eigenvalue weighted by Gasteiger charge is 2.47. The molecule has 3 rings (SSSR count). The van der Waals surface area contributed by atoms with E-state index in [0.717, 1.165) is 19.6 Å². The number of carbonyl (C=O) groups is 2. The zero-order valence-corrected chi connectivity index (χ0v) is 18.6. The Hall–Kier alpha value is -3.06. The summed E-state index contributed by atoms with van der Waals surface area (Å²) in [4.78, 5) is 29.8. The molecular weight excluding hydrogens is 396 g/mol. The molecule has 7 heteroatoms. The second-order valence-corrected chi connectivity index (χ2v) is 7.52. The number of likely N-dealkylation sites (tertiary alicyclic amines) is 1. The van der Waals surface area contributed by atoms with Gasteiger partial charge >= 0.3 is 0 Å². The van der Waals surface area contributed by atoms with Crippen LogP contribution >= 0.6 is 0 Å². The average molecular weight is 427 g/mol. The van der Waals surface area contributed by atoms with Gasteiger partial charge in [-0.05, 0) is 57.2 Å². The number of hydrogen-bond acceptors (Lipinski definition) is 6. The summed E-state index contributed by atoms with van der Waals surface area (Å²) >= 11 is 0. The Bertz CT molecular complexity index is 974. The number of benzene rings is 1. The number of nitrogens with zero attached hydrogens (tertiary/aromatic N) is 2. The number of rotatable bonds is 9. The maximum atomic E-state index is 13.0. The van der Waals surface area contributed by atoms with Gasteiger partial charge in [-0.25, -0.2) is 0 Å². The molecule has 31 heavy (non-hydrogen) atoms. The summed E-state index contributed by atoms with van der Waals surface area (Å²) in [7, 11) is 1.49. The lowest BCUT2D eigenvalue weighted by molar-refractivity contribution is -0.140. The molecule has 1 N–H and O–H groups in total. The van der Waals surface area contributed by atoms with Crippen molar-refractivity contribution in [1.29, 1.82) is 0 Å². The van der Waals surface area contributed by atoms with Crippen molar-refractivity contribution in [3.8, 4) is 5.75 Å². The van der Waals surface area contributed by atoms with Crippen molar-refractivity contribution in [3.63, 3.8) is 0 Å². The van der Waals surface area contributed by atoms with Gasteiger partial charge < -0.3 is 24.1 Å². The lowest BCUT2D eigenvalue weighted by Gasteiger charge is -2.25. The molecule has 7 nitrogen and oxygen atoms in total. The van der Waals surface area contributed by atoms with Crippen LogP contribution in [0.3, 0.4) is 0 Å². The molecule has 0 bridgehead atoms. The molecule has 1 unspecified atom stereocenters. The van der Waals surface area contributed by atoms with Gasteiger partial charge in [0.25, 0.3) is 11.7 Å². The number of carbonyl (C=O) groups excluding carboxylic acids is 2. The van der Waals surface area contributed by atoms with Crippen LogP contribution in [0.15, 0.2) is 46.4 Å². The first-order chi connectivity index (χ1) is 14.9. The summed E-state index contributed by atoms with van der Waals surface area (Å²) in [6.07, 6.45) is 0.708. The van der Waals surface area contributed by atoms with E-state index in [1.54, 1.807) is 43.3 Å². The van der Waals surface area contributed by atoms with Crippen molar-refractivity contribution < 1.29 is 23.8 Å². The fraction of sp³-hybridized carbons (Fsp3) is 0.417. The van der Waals surface area contributed by atoms with E-state index in [1.807, 2.05) is 0 Å². The zero-order chi connectivity index (χ0) is 22.5. The Morgan fingerprint density at radius 3 is 2.48 bits per heavy atom. The van der Waals surface area contributed by atoms with E-state index in [2.05, 4.69) is 18.7 Å². The van der Waals surface area contributed by atoms with Crippen molar-refractivity contribution in [2.45, 2.75) is 33.2 Å². The maximum absolute atomic E-state index is 13.0. The largest absolute Gasteiger partial charge is 0.507 e. The number of aliphatic hydroxyl groups is 1. The predicted molar refractivity (Wildman–Crippen MR) is 118 cm³/mol. The van der Waals surface area contributed by atoms with Gasteiger partial charge in [0.1, 0.15) is 29.1 Å². The molecule has 2 aromatic rings. The molecule has 0 saturated carbocycles. The number of Topliss-reactive ketones (excluding diaryl/α,β-unsaturated/α-hetero) is 1. The SMILES string of the molecule is CCN(CC)CCCN1C(=O)C(=O)/C(=C(/O)c2ccccc2OC)C1c1ccc(C)o1. The molecule has 166 valence electrons. The number of para-hydroxylation sites is 1. The van der Waals surface area contributed by atoms with Crippen LogP contribution in [0.1, 0.15) is 43.4 Å². The summed E-state index contributed by atoms with van der Waals surface area (Å²) in [6.45, 7) is 9.02. The maximum Gasteiger partial charge on any atom is 0.295 e. The second-order valence-electron chi connectivity index (χ2n) is 7.52. The quantitative estimate of drug-likeness (QED) is 0.374. The fourth-order valence-electron chi connectivity index (χ4n) is 4.00. The minimum Gasteiger partial charge on any atom is -0.507 e. The predicted octanol–water partition coefficient (Wildman–Crippen LogP) is 3.75. The van der Waals surface area contributed by atoms with Crippen LogP contribution in [-0.2, 0) is 9.59 Å². The number of methoxy groups -OCH3 is 1. The van der Waals surface area contributed by atoms with Gasteiger partial charge in [-0.2, -0.15) is 0 Å². The Balaban J connectivity index is 2.03. The van der Waals surface area contributed by atoms with Crippen LogP contribution in [-0.4, -0.2) is 59.9 Å². The normalized spacial score (nSPS) is 18.2. The van der Waals surface area contributed by atoms with Gasteiger partial charge in [-0.3, -0.25) is 9.59 Å². The summed E-state index contributed by atoms with van der Waals surface area (Å²) in [5.74, 6) is -0.0689. The monoisotopic (exact) mass is 426 g/mol. The van der Waals surface area contributed by atoms with E-state index in [9.17, 15) is 14.7 Å². The third-order valence-corrected chi connectivity index (χ3v) is 5.70. The molecule has 1 amide bonds. The smallest absolute Gasteiger partial charge is 0.295 e. The van der Waals surface area contributed by atoms with E-state index in [1.165, 1.54) is 12.0 Å². The summed E-state index contributed by atoms with van der Waals surface area (Å²) in [5, 5.41) is 11.1. The standard InChI is InChI=1S/C24H30N2O5/c1-5-25(6-2)14-9-15-26-21(19-13-12-16(3)31-19)20(23(28)24(26)29)22(27)17-10-7-8-11-18(17)30-4/h7-8,10-13,21,27H,5-6,9,14-15H2,1-4H3/b22-20+. The van der Waals surface area contributed by atoms with Crippen LogP contribution < -0.4 is 4.74 Å². The number of ketones is 1. The highest BCUT2D eigenvalue weighted by molar-refractivity contribution is 6.46.